The molecule has 64 valence electrons. The predicted octanol–water partition coefficient (Wildman–Crippen LogP) is -0.870. The van der Waals surface area contributed by atoms with Crippen LogP contribution in [0.1, 0.15) is 16.4 Å². The van der Waals surface area contributed by atoms with Crippen LogP contribution in [0.5, 0.6) is 0 Å². The average Bonchev–Trinajstić information content (AvgIpc) is 2.34. The highest BCUT2D eigenvalue weighted by molar-refractivity contribution is 5.83. The summed E-state index contributed by atoms with van der Waals surface area (Å²) in [6.45, 7) is 0. The minimum atomic E-state index is -1.26. The van der Waals surface area contributed by atoms with Gasteiger partial charge in [-0.2, -0.15) is 0 Å². The Morgan fingerprint density at radius 2 is 2.00 bits per heavy atom. The SMILES string of the molecule is O=C(O)Cc1nnc(C(=O)O)[nH]1. The van der Waals surface area contributed by atoms with Gasteiger partial charge in [0, 0.05) is 0 Å². The maximum Gasteiger partial charge on any atom is 0.373 e. The molecule has 3 N–H and O–H groups in total. The van der Waals surface area contributed by atoms with Crippen molar-refractivity contribution in [1.82, 2.24) is 15.2 Å². The summed E-state index contributed by atoms with van der Waals surface area (Å²) in [6, 6.07) is 0. The lowest BCUT2D eigenvalue weighted by molar-refractivity contribution is -0.136. The highest BCUT2D eigenvalue weighted by Gasteiger charge is 2.11. The second-order valence-electron chi connectivity index (χ2n) is 2.00. The molecule has 0 saturated carbocycles. The molecule has 1 aromatic rings. The van der Waals surface area contributed by atoms with Gasteiger partial charge in [-0.15, -0.1) is 10.2 Å². The summed E-state index contributed by atoms with van der Waals surface area (Å²) in [5.41, 5.74) is 0. The largest absolute Gasteiger partial charge is 0.481 e. The van der Waals surface area contributed by atoms with Crippen LogP contribution in [-0.2, 0) is 11.2 Å². The third-order valence-electron chi connectivity index (χ3n) is 1.05. The molecule has 0 aromatic carbocycles. The van der Waals surface area contributed by atoms with Crippen molar-refractivity contribution < 1.29 is 19.8 Å². The molecule has 0 fully saturated rings. The van der Waals surface area contributed by atoms with E-state index < -0.39 is 11.9 Å². The molecule has 1 aromatic heterocycles. The Morgan fingerprint density at radius 1 is 1.33 bits per heavy atom. The van der Waals surface area contributed by atoms with Crippen molar-refractivity contribution in [3.63, 3.8) is 0 Å². The van der Waals surface area contributed by atoms with Gasteiger partial charge < -0.3 is 15.2 Å². The number of aromatic carboxylic acids is 1. The predicted molar refractivity (Wildman–Crippen MR) is 34.7 cm³/mol. The van der Waals surface area contributed by atoms with Crippen LogP contribution < -0.4 is 0 Å². The highest BCUT2D eigenvalue weighted by Crippen LogP contribution is 1.93. The zero-order valence-electron chi connectivity index (χ0n) is 5.81. The number of carbonyl (C=O) groups is 2. The van der Waals surface area contributed by atoms with E-state index in [-0.39, 0.29) is 18.1 Å². The Hall–Kier alpha value is -1.92. The summed E-state index contributed by atoms with van der Waals surface area (Å²) in [5.74, 6) is -2.69. The first-order chi connectivity index (χ1) is 5.59. The molecule has 0 aliphatic rings. The molecular weight excluding hydrogens is 166 g/mol. The molecule has 0 atom stereocenters. The monoisotopic (exact) mass is 171 g/mol. The molecule has 0 aliphatic heterocycles. The molecular formula is C5H5N3O4. The van der Waals surface area contributed by atoms with Gasteiger partial charge in [-0.05, 0) is 0 Å². The summed E-state index contributed by atoms with van der Waals surface area (Å²) in [5, 5.41) is 23.1. The first kappa shape index (κ1) is 8.18. The molecule has 0 aliphatic carbocycles. The molecule has 0 saturated heterocycles. The van der Waals surface area contributed by atoms with Crippen molar-refractivity contribution in [3.05, 3.63) is 11.6 Å². The standard InChI is InChI=1S/C5H5N3O4/c9-3(10)1-2-6-4(5(11)12)8-7-2/h1H2,(H,9,10)(H,11,12)(H,6,7,8). The maximum atomic E-state index is 10.2. The van der Waals surface area contributed by atoms with Gasteiger partial charge in [0.15, 0.2) is 0 Å². The van der Waals surface area contributed by atoms with Crippen molar-refractivity contribution in [3.8, 4) is 0 Å². The van der Waals surface area contributed by atoms with Crippen molar-refractivity contribution in [2.75, 3.05) is 0 Å². The van der Waals surface area contributed by atoms with E-state index in [0.29, 0.717) is 0 Å². The Balaban J connectivity index is 2.77. The Labute approximate surface area is 66.1 Å². The van der Waals surface area contributed by atoms with Crippen LogP contribution >= 0.6 is 0 Å². The molecule has 0 amide bonds. The number of nitrogens with one attached hydrogen (secondary N) is 1. The molecule has 7 heteroatoms. The van der Waals surface area contributed by atoms with Crippen LogP contribution in [0.15, 0.2) is 0 Å². The summed E-state index contributed by atoms with van der Waals surface area (Å²) in [6.07, 6.45) is -0.361. The number of rotatable bonds is 3. The number of H-pyrrole nitrogens is 1. The fourth-order valence-electron chi connectivity index (χ4n) is 0.616. The normalized spacial score (nSPS) is 9.67. The van der Waals surface area contributed by atoms with Crippen LogP contribution in [-0.4, -0.2) is 37.3 Å². The van der Waals surface area contributed by atoms with Gasteiger partial charge in [-0.3, -0.25) is 4.79 Å². The summed E-state index contributed by atoms with van der Waals surface area (Å²) in [4.78, 5) is 22.6. The first-order valence-corrected chi connectivity index (χ1v) is 2.96. The molecule has 1 heterocycles. The molecule has 1 rings (SSSR count). The van der Waals surface area contributed by atoms with Crippen molar-refractivity contribution in [1.29, 1.82) is 0 Å². The Morgan fingerprint density at radius 3 is 2.42 bits per heavy atom. The third-order valence-corrected chi connectivity index (χ3v) is 1.05. The van der Waals surface area contributed by atoms with Crippen molar-refractivity contribution in [2.24, 2.45) is 0 Å². The number of hydrogen-bond acceptors (Lipinski definition) is 4. The third kappa shape index (κ3) is 1.78. The van der Waals surface area contributed by atoms with Gasteiger partial charge in [0.2, 0.25) is 5.82 Å². The zero-order valence-corrected chi connectivity index (χ0v) is 5.81. The number of nitrogens with zero attached hydrogens (tertiary/aromatic N) is 2. The number of aromatic amines is 1. The Bertz CT molecular complexity index is 318. The highest BCUT2D eigenvalue weighted by atomic mass is 16.4. The number of hydrogen-bond donors (Lipinski definition) is 3. The zero-order chi connectivity index (χ0) is 9.14. The Kier molecular flexibility index (Phi) is 2.04. The number of carboxylic acids is 2. The minimum absolute atomic E-state index is 0.0277. The number of aromatic nitrogens is 3. The number of carboxylic acid groups (broad SMARTS) is 2. The van der Waals surface area contributed by atoms with Gasteiger partial charge in [-0.25, -0.2) is 4.79 Å². The fourth-order valence-corrected chi connectivity index (χ4v) is 0.616. The fraction of sp³-hybridized carbons (Fsp3) is 0.200. The van der Waals surface area contributed by atoms with E-state index in [1.165, 1.54) is 0 Å². The van der Waals surface area contributed by atoms with E-state index >= 15 is 0 Å². The summed E-state index contributed by atoms with van der Waals surface area (Å²) >= 11 is 0. The maximum absolute atomic E-state index is 10.2. The van der Waals surface area contributed by atoms with Crippen LogP contribution in [0.25, 0.3) is 0 Å². The molecule has 0 unspecified atom stereocenters. The number of aliphatic carboxylic acids is 1. The van der Waals surface area contributed by atoms with Crippen LogP contribution in [0.4, 0.5) is 0 Å². The first-order valence-electron chi connectivity index (χ1n) is 2.96. The van der Waals surface area contributed by atoms with Crippen molar-refractivity contribution >= 4 is 11.9 Å². The second-order valence-corrected chi connectivity index (χ2v) is 2.00. The molecule has 0 radical (unpaired) electrons. The van der Waals surface area contributed by atoms with Gasteiger partial charge in [0.05, 0.1) is 0 Å². The smallest absolute Gasteiger partial charge is 0.373 e. The van der Waals surface area contributed by atoms with E-state index in [9.17, 15) is 9.59 Å². The summed E-state index contributed by atoms with van der Waals surface area (Å²) in [7, 11) is 0. The lowest BCUT2D eigenvalue weighted by atomic mass is 10.4. The van der Waals surface area contributed by atoms with Gasteiger partial charge in [0.1, 0.15) is 12.2 Å². The van der Waals surface area contributed by atoms with Gasteiger partial charge in [-0.1, -0.05) is 0 Å². The second kappa shape index (κ2) is 2.99. The van der Waals surface area contributed by atoms with Gasteiger partial charge >= 0.3 is 11.9 Å². The van der Waals surface area contributed by atoms with E-state index in [4.69, 9.17) is 10.2 Å². The van der Waals surface area contributed by atoms with Crippen LogP contribution in [0, 0.1) is 0 Å². The summed E-state index contributed by atoms with van der Waals surface area (Å²) < 4.78 is 0. The molecule has 0 bridgehead atoms. The lowest BCUT2D eigenvalue weighted by Crippen LogP contribution is -2.02. The van der Waals surface area contributed by atoms with E-state index in [2.05, 4.69) is 15.2 Å². The molecule has 7 nitrogen and oxygen atoms in total. The van der Waals surface area contributed by atoms with E-state index in [1.807, 2.05) is 0 Å². The van der Waals surface area contributed by atoms with Crippen LogP contribution in [0.2, 0.25) is 0 Å². The molecule has 12 heavy (non-hydrogen) atoms. The quantitative estimate of drug-likeness (QED) is 0.544. The van der Waals surface area contributed by atoms with E-state index in [1.54, 1.807) is 0 Å². The van der Waals surface area contributed by atoms with E-state index in [0.717, 1.165) is 0 Å². The van der Waals surface area contributed by atoms with Crippen LogP contribution in [0.3, 0.4) is 0 Å². The van der Waals surface area contributed by atoms with Gasteiger partial charge in [0.25, 0.3) is 0 Å². The minimum Gasteiger partial charge on any atom is -0.481 e. The lowest BCUT2D eigenvalue weighted by Gasteiger charge is -1.85. The molecule has 0 spiro atoms. The topological polar surface area (TPSA) is 116 Å². The van der Waals surface area contributed by atoms with Crippen molar-refractivity contribution in [2.45, 2.75) is 6.42 Å². The average molecular weight is 171 g/mol.